The van der Waals surface area contributed by atoms with Gasteiger partial charge in [0.2, 0.25) is 5.91 Å². The van der Waals surface area contributed by atoms with Gasteiger partial charge in [0, 0.05) is 12.0 Å². The summed E-state index contributed by atoms with van der Waals surface area (Å²) in [5, 5.41) is 9.00. The lowest BCUT2D eigenvalue weighted by atomic mass is 10.0. The highest BCUT2D eigenvalue weighted by Gasteiger charge is 2.32. The predicted molar refractivity (Wildman–Crippen MR) is 76.4 cm³/mol. The lowest BCUT2D eigenvalue weighted by Crippen LogP contribution is -2.45. The van der Waals surface area contributed by atoms with Crippen LogP contribution in [0.1, 0.15) is 31.4 Å². The number of carbonyl (C=O) groups excluding carboxylic acids is 1. The van der Waals surface area contributed by atoms with Crippen molar-refractivity contribution in [2.45, 2.75) is 39.2 Å². The van der Waals surface area contributed by atoms with Gasteiger partial charge >= 0.3 is 5.97 Å². The second-order valence-electron chi connectivity index (χ2n) is 5.49. The molecule has 0 aromatic heterocycles. The maximum absolute atomic E-state index is 12.6. The van der Waals surface area contributed by atoms with Gasteiger partial charge in [-0.25, -0.2) is 0 Å². The molecule has 0 heterocycles. The number of fused-ring (bicyclic) bond motifs is 1. The smallest absolute Gasteiger partial charge is 0.323 e. The van der Waals surface area contributed by atoms with E-state index in [1.807, 2.05) is 38.1 Å². The van der Waals surface area contributed by atoms with Crippen molar-refractivity contribution in [2.75, 3.05) is 6.54 Å². The molecular formula is C16H21NO3. The topological polar surface area (TPSA) is 57.6 Å². The van der Waals surface area contributed by atoms with Gasteiger partial charge in [-0.1, -0.05) is 31.2 Å². The van der Waals surface area contributed by atoms with Crippen LogP contribution >= 0.6 is 0 Å². The summed E-state index contributed by atoms with van der Waals surface area (Å²) in [6, 6.07) is 8.02. The van der Waals surface area contributed by atoms with E-state index in [2.05, 4.69) is 0 Å². The van der Waals surface area contributed by atoms with E-state index in [0.29, 0.717) is 0 Å². The van der Waals surface area contributed by atoms with E-state index in [-0.39, 0.29) is 24.4 Å². The summed E-state index contributed by atoms with van der Waals surface area (Å²) in [4.78, 5) is 25.1. The Morgan fingerprint density at radius 2 is 1.85 bits per heavy atom. The van der Waals surface area contributed by atoms with Gasteiger partial charge in [-0.05, 0) is 37.3 Å². The van der Waals surface area contributed by atoms with Crippen LogP contribution in [0.3, 0.4) is 0 Å². The highest BCUT2D eigenvalue weighted by molar-refractivity contribution is 5.84. The Kier molecular flexibility index (Phi) is 4.42. The number of rotatable bonds is 5. The first-order valence-electron chi connectivity index (χ1n) is 7.12. The van der Waals surface area contributed by atoms with Gasteiger partial charge in [0.05, 0.1) is 0 Å². The van der Waals surface area contributed by atoms with Gasteiger partial charge < -0.3 is 10.0 Å². The van der Waals surface area contributed by atoms with Crippen LogP contribution in [-0.2, 0) is 22.4 Å². The molecule has 1 aromatic carbocycles. The third-order valence-electron chi connectivity index (χ3n) is 4.11. The van der Waals surface area contributed by atoms with Gasteiger partial charge in [-0.15, -0.1) is 0 Å². The standard InChI is InChI=1S/C16H21NO3/c1-3-11(2)17(10-15(18)19)16(20)14-8-12-6-4-5-7-13(12)9-14/h4-7,11,14H,3,8-10H2,1-2H3,(H,18,19). The number of carboxylic acids is 1. The third-order valence-corrected chi connectivity index (χ3v) is 4.11. The summed E-state index contributed by atoms with van der Waals surface area (Å²) in [6.45, 7) is 3.67. The van der Waals surface area contributed by atoms with E-state index in [9.17, 15) is 9.59 Å². The zero-order valence-electron chi connectivity index (χ0n) is 12.0. The third kappa shape index (κ3) is 3.00. The van der Waals surface area contributed by atoms with E-state index in [4.69, 9.17) is 5.11 Å². The highest BCUT2D eigenvalue weighted by atomic mass is 16.4. The molecule has 4 nitrogen and oxygen atoms in total. The lowest BCUT2D eigenvalue weighted by Gasteiger charge is -2.29. The summed E-state index contributed by atoms with van der Waals surface area (Å²) in [7, 11) is 0. The molecule has 0 saturated heterocycles. The molecule has 1 N–H and O–H groups in total. The first-order chi connectivity index (χ1) is 9.52. The Balaban J connectivity index is 2.12. The van der Waals surface area contributed by atoms with E-state index in [1.54, 1.807) is 0 Å². The van der Waals surface area contributed by atoms with Crippen molar-refractivity contribution in [1.29, 1.82) is 0 Å². The molecule has 1 amide bonds. The van der Waals surface area contributed by atoms with Crippen molar-refractivity contribution < 1.29 is 14.7 Å². The quantitative estimate of drug-likeness (QED) is 0.895. The molecule has 20 heavy (non-hydrogen) atoms. The molecule has 1 aliphatic rings. The van der Waals surface area contributed by atoms with Crippen molar-refractivity contribution in [3.8, 4) is 0 Å². The minimum Gasteiger partial charge on any atom is -0.480 e. The first kappa shape index (κ1) is 14.6. The van der Waals surface area contributed by atoms with E-state index < -0.39 is 5.97 Å². The SMILES string of the molecule is CCC(C)N(CC(=O)O)C(=O)C1Cc2ccccc2C1. The second kappa shape index (κ2) is 6.07. The van der Waals surface area contributed by atoms with Crippen molar-refractivity contribution in [3.05, 3.63) is 35.4 Å². The van der Waals surface area contributed by atoms with Crippen LogP contribution in [0.4, 0.5) is 0 Å². The zero-order chi connectivity index (χ0) is 14.7. The minimum atomic E-state index is -0.950. The Morgan fingerprint density at radius 3 is 2.30 bits per heavy atom. The average molecular weight is 275 g/mol. The first-order valence-corrected chi connectivity index (χ1v) is 7.12. The largest absolute Gasteiger partial charge is 0.480 e. The van der Waals surface area contributed by atoms with Gasteiger partial charge in [0.25, 0.3) is 0 Å². The van der Waals surface area contributed by atoms with Crippen LogP contribution in [0.5, 0.6) is 0 Å². The van der Waals surface area contributed by atoms with Gasteiger partial charge in [-0.2, -0.15) is 0 Å². The normalized spacial score (nSPS) is 15.7. The highest BCUT2D eigenvalue weighted by Crippen LogP contribution is 2.28. The molecule has 1 aromatic rings. The number of hydrogen-bond donors (Lipinski definition) is 1. The van der Waals surface area contributed by atoms with Crippen molar-refractivity contribution in [1.82, 2.24) is 4.90 Å². The predicted octanol–water partition coefficient (Wildman–Crippen LogP) is 2.11. The molecule has 4 heteroatoms. The number of benzene rings is 1. The molecule has 2 rings (SSSR count). The number of amides is 1. The molecule has 0 spiro atoms. The van der Waals surface area contributed by atoms with Crippen LogP contribution in [0, 0.1) is 5.92 Å². The molecule has 1 atom stereocenters. The Morgan fingerprint density at radius 1 is 1.30 bits per heavy atom. The Bertz CT molecular complexity index is 487. The number of carbonyl (C=O) groups is 2. The van der Waals surface area contributed by atoms with Gasteiger partial charge in [0.15, 0.2) is 0 Å². The fourth-order valence-corrected chi connectivity index (χ4v) is 2.79. The van der Waals surface area contributed by atoms with E-state index in [0.717, 1.165) is 19.3 Å². The summed E-state index contributed by atoms with van der Waals surface area (Å²) < 4.78 is 0. The summed E-state index contributed by atoms with van der Waals surface area (Å²) in [5.41, 5.74) is 2.43. The molecule has 0 bridgehead atoms. The van der Waals surface area contributed by atoms with Gasteiger partial charge in [0.1, 0.15) is 6.54 Å². The lowest BCUT2D eigenvalue weighted by molar-refractivity contribution is -0.148. The fraction of sp³-hybridized carbons (Fsp3) is 0.500. The molecule has 108 valence electrons. The Labute approximate surface area is 119 Å². The number of nitrogens with zero attached hydrogens (tertiary/aromatic N) is 1. The van der Waals surface area contributed by atoms with Crippen LogP contribution in [0.15, 0.2) is 24.3 Å². The maximum Gasteiger partial charge on any atom is 0.323 e. The van der Waals surface area contributed by atoms with Crippen molar-refractivity contribution in [2.24, 2.45) is 5.92 Å². The molecule has 0 radical (unpaired) electrons. The molecule has 0 aliphatic heterocycles. The fourth-order valence-electron chi connectivity index (χ4n) is 2.79. The number of hydrogen-bond acceptors (Lipinski definition) is 2. The number of aliphatic carboxylic acids is 1. The van der Waals surface area contributed by atoms with Crippen LogP contribution < -0.4 is 0 Å². The zero-order valence-corrected chi connectivity index (χ0v) is 12.0. The van der Waals surface area contributed by atoms with Crippen molar-refractivity contribution in [3.63, 3.8) is 0 Å². The summed E-state index contributed by atoms with van der Waals surface area (Å²) in [5.74, 6) is -1.09. The number of carboxylic acid groups (broad SMARTS) is 1. The summed E-state index contributed by atoms with van der Waals surface area (Å²) in [6.07, 6.45) is 2.21. The molecule has 0 saturated carbocycles. The molecule has 1 aliphatic carbocycles. The van der Waals surface area contributed by atoms with Crippen LogP contribution in [0.25, 0.3) is 0 Å². The van der Waals surface area contributed by atoms with E-state index >= 15 is 0 Å². The van der Waals surface area contributed by atoms with Crippen LogP contribution in [-0.4, -0.2) is 34.5 Å². The van der Waals surface area contributed by atoms with E-state index in [1.165, 1.54) is 16.0 Å². The van der Waals surface area contributed by atoms with Gasteiger partial charge in [-0.3, -0.25) is 9.59 Å². The minimum absolute atomic E-state index is 0.0297. The second-order valence-corrected chi connectivity index (χ2v) is 5.49. The summed E-state index contributed by atoms with van der Waals surface area (Å²) >= 11 is 0. The molecule has 1 unspecified atom stereocenters. The molecule has 0 fully saturated rings. The Hall–Kier alpha value is -1.84. The maximum atomic E-state index is 12.6. The average Bonchev–Trinajstić information content (AvgIpc) is 2.86. The van der Waals surface area contributed by atoms with Crippen LogP contribution in [0.2, 0.25) is 0 Å². The monoisotopic (exact) mass is 275 g/mol. The van der Waals surface area contributed by atoms with Crippen molar-refractivity contribution >= 4 is 11.9 Å². The molecular weight excluding hydrogens is 254 g/mol.